The number of alkyl halides is 3. The molecule has 3 nitrogen and oxygen atoms in total. The fourth-order valence-electron chi connectivity index (χ4n) is 3.57. The van der Waals surface area contributed by atoms with Gasteiger partial charge in [0.15, 0.2) is 0 Å². The normalized spacial score (nSPS) is 15.3. The summed E-state index contributed by atoms with van der Waals surface area (Å²) in [5.41, 5.74) is 2.13. The Morgan fingerprint density at radius 2 is 1.70 bits per heavy atom. The van der Waals surface area contributed by atoms with Crippen molar-refractivity contribution in [3.05, 3.63) is 71.3 Å². The highest BCUT2D eigenvalue weighted by Gasteiger charge is 2.31. The minimum atomic E-state index is -4.36. The molecule has 3 rings (SSSR count). The maximum absolute atomic E-state index is 12.9. The molecule has 0 aromatic heterocycles. The molecule has 0 saturated carbocycles. The van der Waals surface area contributed by atoms with Crippen molar-refractivity contribution in [2.45, 2.75) is 26.4 Å². The fraction of sp³-hybridized carbons (Fsp3) is 0.375. The quantitative estimate of drug-likeness (QED) is 0.621. The van der Waals surface area contributed by atoms with E-state index in [9.17, 15) is 18.0 Å². The lowest BCUT2D eigenvalue weighted by molar-refractivity contribution is -0.137. The highest BCUT2D eigenvalue weighted by Crippen LogP contribution is 2.31. The largest absolute Gasteiger partial charge is 0.416 e. The highest BCUT2D eigenvalue weighted by atomic mass is 19.4. The fourth-order valence-corrected chi connectivity index (χ4v) is 3.57. The molecule has 0 atom stereocenters. The molecule has 1 aliphatic heterocycles. The van der Waals surface area contributed by atoms with Gasteiger partial charge in [-0.3, -0.25) is 4.79 Å². The third-order valence-corrected chi connectivity index (χ3v) is 5.17. The van der Waals surface area contributed by atoms with Crippen molar-refractivity contribution in [3.8, 4) is 0 Å². The van der Waals surface area contributed by atoms with Crippen molar-refractivity contribution in [2.75, 3.05) is 31.1 Å². The average molecular weight is 416 g/mol. The van der Waals surface area contributed by atoms with Crippen LogP contribution in [0.1, 0.15) is 30.5 Å². The van der Waals surface area contributed by atoms with Crippen LogP contribution < -0.4 is 4.90 Å². The molecule has 2 aromatic rings. The summed E-state index contributed by atoms with van der Waals surface area (Å²) in [6.07, 6.45) is 0.0444. The summed E-state index contributed by atoms with van der Waals surface area (Å²) in [5, 5.41) is 0. The highest BCUT2D eigenvalue weighted by molar-refractivity contribution is 5.92. The summed E-state index contributed by atoms with van der Waals surface area (Å²) < 4.78 is 38.8. The molecule has 1 aliphatic rings. The summed E-state index contributed by atoms with van der Waals surface area (Å²) in [5.74, 6) is 0.521. The monoisotopic (exact) mass is 416 g/mol. The molecular formula is C24H27F3N2O. The minimum absolute atomic E-state index is 0.0788. The van der Waals surface area contributed by atoms with Gasteiger partial charge in [0.05, 0.1) is 5.56 Å². The Bertz CT molecular complexity index is 880. The average Bonchev–Trinajstić information content (AvgIpc) is 2.72. The third-order valence-electron chi connectivity index (χ3n) is 5.17. The van der Waals surface area contributed by atoms with Crippen molar-refractivity contribution in [1.29, 1.82) is 0 Å². The predicted molar refractivity (Wildman–Crippen MR) is 114 cm³/mol. The van der Waals surface area contributed by atoms with Crippen LogP contribution in [0.3, 0.4) is 0 Å². The van der Waals surface area contributed by atoms with E-state index in [0.717, 1.165) is 18.1 Å². The van der Waals surface area contributed by atoms with Gasteiger partial charge in [-0.25, -0.2) is 0 Å². The number of hydrogen-bond acceptors (Lipinski definition) is 2. The van der Waals surface area contributed by atoms with Crippen molar-refractivity contribution in [3.63, 3.8) is 0 Å². The Kier molecular flexibility index (Phi) is 6.85. The SMILES string of the molecule is CC(C)Cc1ccc(/C=C/C(=O)N2CCN(c3cccc(C(F)(F)F)c3)CC2)cc1. The zero-order chi connectivity index (χ0) is 21.7. The molecule has 6 heteroatoms. The molecule has 1 saturated heterocycles. The third kappa shape index (κ3) is 5.88. The number of carbonyl (C=O) groups is 1. The van der Waals surface area contributed by atoms with E-state index in [0.29, 0.717) is 37.8 Å². The second kappa shape index (κ2) is 9.37. The van der Waals surface area contributed by atoms with Gasteiger partial charge < -0.3 is 9.80 Å². The van der Waals surface area contributed by atoms with Crippen LogP contribution in [0.5, 0.6) is 0 Å². The molecule has 0 radical (unpaired) electrons. The van der Waals surface area contributed by atoms with E-state index in [1.54, 1.807) is 23.1 Å². The molecule has 0 spiro atoms. The van der Waals surface area contributed by atoms with Crippen LogP contribution in [0.2, 0.25) is 0 Å². The molecule has 1 heterocycles. The number of piperazine rings is 1. The van der Waals surface area contributed by atoms with Crippen molar-refractivity contribution >= 4 is 17.7 Å². The standard InChI is InChI=1S/C24H27F3N2O/c1-18(2)16-20-8-6-19(7-9-20)10-11-23(30)29-14-12-28(13-15-29)22-5-3-4-21(17-22)24(25,26)27/h3-11,17-18H,12-16H2,1-2H3/b11-10+. The molecule has 0 bridgehead atoms. The molecule has 1 amide bonds. The van der Waals surface area contributed by atoms with Gasteiger partial charge in [0.1, 0.15) is 0 Å². The van der Waals surface area contributed by atoms with Crippen molar-refractivity contribution < 1.29 is 18.0 Å². The van der Waals surface area contributed by atoms with Gasteiger partial charge in [0.2, 0.25) is 5.91 Å². The van der Waals surface area contributed by atoms with Crippen molar-refractivity contribution in [2.24, 2.45) is 5.92 Å². The van der Waals surface area contributed by atoms with E-state index in [2.05, 4.69) is 26.0 Å². The molecule has 2 aromatic carbocycles. The van der Waals surface area contributed by atoms with Gasteiger partial charge in [-0.05, 0) is 47.7 Å². The maximum Gasteiger partial charge on any atom is 0.416 e. The maximum atomic E-state index is 12.9. The number of carbonyl (C=O) groups excluding carboxylic acids is 1. The van der Waals surface area contributed by atoms with E-state index >= 15 is 0 Å². The number of anilines is 1. The summed E-state index contributed by atoms with van der Waals surface area (Å²) >= 11 is 0. The van der Waals surface area contributed by atoms with Crippen molar-refractivity contribution in [1.82, 2.24) is 4.90 Å². The van der Waals surface area contributed by atoms with E-state index in [-0.39, 0.29) is 5.91 Å². The minimum Gasteiger partial charge on any atom is -0.368 e. The number of amides is 1. The summed E-state index contributed by atoms with van der Waals surface area (Å²) in [4.78, 5) is 16.1. The van der Waals surface area contributed by atoms with Crippen LogP contribution >= 0.6 is 0 Å². The molecule has 160 valence electrons. The second-order valence-electron chi connectivity index (χ2n) is 8.03. The molecule has 0 aliphatic carbocycles. The Balaban J connectivity index is 1.55. The molecule has 30 heavy (non-hydrogen) atoms. The van der Waals surface area contributed by atoms with Gasteiger partial charge >= 0.3 is 6.18 Å². The number of halogens is 3. The Labute approximate surface area is 175 Å². The Morgan fingerprint density at radius 1 is 1.03 bits per heavy atom. The van der Waals surface area contributed by atoms with Crippen LogP contribution in [-0.2, 0) is 17.4 Å². The zero-order valence-electron chi connectivity index (χ0n) is 17.3. The predicted octanol–water partition coefficient (Wildman–Crippen LogP) is 5.27. The topological polar surface area (TPSA) is 23.6 Å². The van der Waals surface area contributed by atoms with Gasteiger partial charge in [-0.2, -0.15) is 13.2 Å². The molecule has 1 fully saturated rings. The van der Waals surface area contributed by atoms with Gasteiger partial charge in [-0.1, -0.05) is 44.2 Å². The van der Waals surface area contributed by atoms with Crippen LogP contribution in [-0.4, -0.2) is 37.0 Å². The van der Waals surface area contributed by atoms with Gasteiger partial charge in [0, 0.05) is 37.9 Å². The molecular weight excluding hydrogens is 389 g/mol. The smallest absolute Gasteiger partial charge is 0.368 e. The number of rotatable bonds is 5. The molecule has 0 unspecified atom stereocenters. The first kappa shape index (κ1) is 21.9. The Morgan fingerprint density at radius 3 is 2.30 bits per heavy atom. The lowest BCUT2D eigenvalue weighted by Gasteiger charge is -2.35. The van der Waals surface area contributed by atoms with Crippen LogP contribution in [0, 0.1) is 5.92 Å². The second-order valence-corrected chi connectivity index (χ2v) is 8.03. The van der Waals surface area contributed by atoms with E-state index < -0.39 is 11.7 Å². The van der Waals surface area contributed by atoms with Crippen LogP contribution in [0.15, 0.2) is 54.6 Å². The first-order chi connectivity index (χ1) is 14.2. The van der Waals surface area contributed by atoms with Gasteiger partial charge in [0.25, 0.3) is 0 Å². The first-order valence-corrected chi connectivity index (χ1v) is 10.2. The van der Waals surface area contributed by atoms with E-state index in [4.69, 9.17) is 0 Å². The molecule has 0 N–H and O–H groups in total. The number of hydrogen-bond donors (Lipinski definition) is 0. The lowest BCUT2D eigenvalue weighted by atomic mass is 10.0. The summed E-state index contributed by atoms with van der Waals surface area (Å²) in [7, 11) is 0. The number of nitrogens with zero attached hydrogens (tertiary/aromatic N) is 2. The summed E-state index contributed by atoms with van der Waals surface area (Å²) in [6.45, 7) is 6.33. The number of benzene rings is 2. The zero-order valence-corrected chi connectivity index (χ0v) is 17.3. The van der Waals surface area contributed by atoms with Gasteiger partial charge in [-0.15, -0.1) is 0 Å². The van der Waals surface area contributed by atoms with E-state index in [1.165, 1.54) is 17.7 Å². The lowest BCUT2D eigenvalue weighted by Crippen LogP contribution is -2.48. The van der Waals surface area contributed by atoms with Crippen LogP contribution in [0.25, 0.3) is 6.08 Å². The first-order valence-electron chi connectivity index (χ1n) is 10.2. The summed E-state index contributed by atoms with van der Waals surface area (Å²) in [6, 6.07) is 13.5. The Hall–Kier alpha value is -2.76. The van der Waals surface area contributed by atoms with Crippen LogP contribution in [0.4, 0.5) is 18.9 Å². The van der Waals surface area contributed by atoms with E-state index in [1.807, 2.05) is 17.0 Å².